The molecule has 2 nitrogen and oxygen atoms in total. The Balaban J connectivity index is 1.90. The van der Waals surface area contributed by atoms with Crippen LogP contribution in [0.15, 0.2) is 24.3 Å². The van der Waals surface area contributed by atoms with E-state index >= 15 is 0 Å². The maximum absolute atomic E-state index is 11.0. The molecule has 0 aromatic heterocycles. The minimum Gasteiger partial charge on any atom is -0.385 e. The molecule has 1 aliphatic carbocycles. The van der Waals surface area contributed by atoms with Gasteiger partial charge in [-0.25, -0.2) is 0 Å². The fourth-order valence-corrected chi connectivity index (χ4v) is 3.25. The average Bonchev–Trinajstić information content (AvgIpc) is 2.31. The van der Waals surface area contributed by atoms with Crippen molar-refractivity contribution < 1.29 is 5.11 Å². The van der Waals surface area contributed by atoms with E-state index in [1.54, 1.807) is 0 Å². The average molecular weight is 245 g/mol. The van der Waals surface area contributed by atoms with E-state index in [0.717, 1.165) is 31.0 Å². The molecule has 2 atom stereocenters. The highest BCUT2D eigenvalue weighted by molar-refractivity contribution is 5.32. The van der Waals surface area contributed by atoms with Crippen LogP contribution in [-0.4, -0.2) is 18.2 Å². The highest BCUT2D eigenvalue weighted by Crippen LogP contribution is 2.40. The van der Waals surface area contributed by atoms with Gasteiger partial charge in [0.2, 0.25) is 0 Å². The molecule has 0 radical (unpaired) electrons. The molecule has 0 bridgehead atoms. The molecule has 2 N–H and O–H groups in total. The summed E-state index contributed by atoms with van der Waals surface area (Å²) in [5.74, 6) is 1.02. The third-order valence-corrected chi connectivity index (χ3v) is 4.91. The lowest BCUT2D eigenvalue weighted by molar-refractivity contribution is -0.0393. The first-order valence-corrected chi connectivity index (χ1v) is 7.24. The quantitative estimate of drug-likeness (QED) is 0.839. The standard InChI is InChI=1S/C16H23NO/c1-12-11-17-9-8-16(12,18)15-7-3-6-14(10-15)13-4-2-5-13/h3,6-7,10,12-13,17-18H,2,4-5,8-9,11H2,1H3. The van der Waals surface area contributed by atoms with Crippen LogP contribution >= 0.6 is 0 Å². The summed E-state index contributed by atoms with van der Waals surface area (Å²) >= 11 is 0. The number of rotatable bonds is 2. The molecule has 2 aliphatic rings. The molecule has 1 aromatic rings. The molecule has 2 fully saturated rings. The van der Waals surface area contributed by atoms with E-state index in [0.29, 0.717) is 0 Å². The van der Waals surface area contributed by atoms with Crippen molar-refractivity contribution in [2.24, 2.45) is 5.92 Å². The zero-order valence-corrected chi connectivity index (χ0v) is 11.2. The molecule has 2 unspecified atom stereocenters. The van der Waals surface area contributed by atoms with E-state index in [2.05, 4.69) is 36.5 Å². The Morgan fingerprint density at radius 3 is 2.83 bits per heavy atom. The van der Waals surface area contributed by atoms with Gasteiger partial charge in [0.05, 0.1) is 5.60 Å². The number of nitrogens with one attached hydrogen (secondary N) is 1. The second kappa shape index (κ2) is 4.67. The SMILES string of the molecule is CC1CNCCC1(O)c1cccc(C2CCC2)c1. The van der Waals surface area contributed by atoms with Gasteiger partial charge in [-0.05, 0) is 42.9 Å². The number of hydrogen-bond acceptors (Lipinski definition) is 2. The lowest BCUT2D eigenvalue weighted by Gasteiger charge is -2.39. The highest BCUT2D eigenvalue weighted by atomic mass is 16.3. The fourth-order valence-electron chi connectivity index (χ4n) is 3.25. The van der Waals surface area contributed by atoms with Crippen LogP contribution in [0.4, 0.5) is 0 Å². The number of benzene rings is 1. The summed E-state index contributed by atoms with van der Waals surface area (Å²) in [7, 11) is 0. The minimum absolute atomic E-state index is 0.280. The highest BCUT2D eigenvalue weighted by Gasteiger charge is 2.38. The van der Waals surface area contributed by atoms with E-state index < -0.39 is 5.60 Å². The number of hydrogen-bond donors (Lipinski definition) is 2. The van der Waals surface area contributed by atoms with Crippen molar-refractivity contribution in [3.8, 4) is 0 Å². The van der Waals surface area contributed by atoms with Crippen LogP contribution < -0.4 is 5.32 Å². The first-order valence-electron chi connectivity index (χ1n) is 7.24. The summed E-state index contributed by atoms with van der Waals surface area (Å²) in [6.07, 6.45) is 4.82. The van der Waals surface area contributed by atoms with Gasteiger partial charge in [0.15, 0.2) is 0 Å². The molecule has 1 aliphatic heterocycles. The predicted octanol–water partition coefficient (Wildman–Crippen LogP) is 2.77. The van der Waals surface area contributed by atoms with Crippen LogP contribution in [0.25, 0.3) is 0 Å². The molecule has 3 rings (SSSR count). The van der Waals surface area contributed by atoms with Crippen molar-refractivity contribution in [1.82, 2.24) is 5.32 Å². The first kappa shape index (κ1) is 12.2. The Bertz CT molecular complexity index is 427. The summed E-state index contributed by atoms with van der Waals surface area (Å²) in [6.45, 7) is 3.96. The van der Waals surface area contributed by atoms with Crippen molar-refractivity contribution in [1.29, 1.82) is 0 Å². The third-order valence-electron chi connectivity index (χ3n) is 4.91. The molecule has 2 heteroatoms. The Hall–Kier alpha value is -0.860. The van der Waals surface area contributed by atoms with Gasteiger partial charge in [0.25, 0.3) is 0 Å². The zero-order valence-electron chi connectivity index (χ0n) is 11.2. The maximum Gasteiger partial charge on any atom is 0.0946 e. The van der Waals surface area contributed by atoms with Crippen molar-refractivity contribution in [3.63, 3.8) is 0 Å². The van der Waals surface area contributed by atoms with Crippen LogP contribution in [0.5, 0.6) is 0 Å². The first-order chi connectivity index (χ1) is 8.70. The van der Waals surface area contributed by atoms with Crippen LogP contribution in [0.3, 0.4) is 0 Å². The molecule has 1 saturated carbocycles. The summed E-state index contributed by atoms with van der Waals surface area (Å²) in [6, 6.07) is 8.70. The van der Waals surface area contributed by atoms with Gasteiger partial charge in [-0.3, -0.25) is 0 Å². The van der Waals surface area contributed by atoms with Crippen LogP contribution in [-0.2, 0) is 5.60 Å². The van der Waals surface area contributed by atoms with E-state index in [1.807, 2.05) is 0 Å². The van der Waals surface area contributed by atoms with E-state index in [1.165, 1.54) is 24.8 Å². The van der Waals surface area contributed by atoms with E-state index in [9.17, 15) is 5.11 Å². The second-order valence-corrected chi connectivity index (χ2v) is 6.03. The van der Waals surface area contributed by atoms with Gasteiger partial charge < -0.3 is 10.4 Å². The van der Waals surface area contributed by atoms with Gasteiger partial charge in [-0.1, -0.05) is 37.6 Å². The van der Waals surface area contributed by atoms with Crippen molar-refractivity contribution in [3.05, 3.63) is 35.4 Å². The third kappa shape index (κ3) is 1.98. The molecular formula is C16H23NO. The Labute approximate surface area is 109 Å². The monoisotopic (exact) mass is 245 g/mol. The van der Waals surface area contributed by atoms with E-state index in [4.69, 9.17) is 0 Å². The minimum atomic E-state index is -0.634. The van der Waals surface area contributed by atoms with Crippen molar-refractivity contribution in [2.75, 3.05) is 13.1 Å². The summed E-state index contributed by atoms with van der Waals surface area (Å²) in [5, 5.41) is 14.3. The van der Waals surface area contributed by atoms with Gasteiger partial charge in [-0.15, -0.1) is 0 Å². The predicted molar refractivity (Wildman–Crippen MR) is 73.6 cm³/mol. The Morgan fingerprint density at radius 2 is 2.17 bits per heavy atom. The lowest BCUT2D eigenvalue weighted by atomic mass is 9.74. The molecule has 1 aromatic carbocycles. The topological polar surface area (TPSA) is 32.3 Å². The van der Waals surface area contributed by atoms with Gasteiger partial charge in [0.1, 0.15) is 0 Å². The fraction of sp³-hybridized carbons (Fsp3) is 0.625. The Morgan fingerprint density at radius 1 is 1.33 bits per heavy atom. The number of aliphatic hydroxyl groups is 1. The van der Waals surface area contributed by atoms with Crippen molar-refractivity contribution >= 4 is 0 Å². The summed E-state index contributed by atoms with van der Waals surface area (Å²) < 4.78 is 0. The molecule has 1 heterocycles. The van der Waals surface area contributed by atoms with Gasteiger partial charge >= 0.3 is 0 Å². The van der Waals surface area contributed by atoms with Crippen molar-refractivity contribution in [2.45, 2.75) is 44.1 Å². The molecule has 18 heavy (non-hydrogen) atoms. The van der Waals surface area contributed by atoms with Crippen LogP contribution in [0, 0.1) is 5.92 Å². The largest absolute Gasteiger partial charge is 0.385 e. The number of piperidine rings is 1. The van der Waals surface area contributed by atoms with Gasteiger partial charge in [0, 0.05) is 12.5 Å². The summed E-state index contributed by atoms with van der Waals surface area (Å²) in [5.41, 5.74) is 1.92. The lowest BCUT2D eigenvalue weighted by Crippen LogP contribution is -2.46. The van der Waals surface area contributed by atoms with Crippen LogP contribution in [0.2, 0.25) is 0 Å². The smallest absolute Gasteiger partial charge is 0.0946 e. The molecular weight excluding hydrogens is 222 g/mol. The second-order valence-electron chi connectivity index (χ2n) is 6.03. The van der Waals surface area contributed by atoms with E-state index in [-0.39, 0.29) is 5.92 Å². The molecule has 0 spiro atoms. The Kier molecular flexibility index (Phi) is 3.16. The zero-order chi connectivity index (χ0) is 12.6. The maximum atomic E-state index is 11.0. The molecule has 0 amide bonds. The van der Waals surface area contributed by atoms with Gasteiger partial charge in [-0.2, -0.15) is 0 Å². The summed E-state index contributed by atoms with van der Waals surface area (Å²) in [4.78, 5) is 0. The molecule has 1 saturated heterocycles. The molecule has 98 valence electrons. The van der Waals surface area contributed by atoms with Crippen LogP contribution in [0.1, 0.15) is 49.7 Å². The normalized spacial score (nSPS) is 33.1.